The van der Waals surface area contributed by atoms with Gasteiger partial charge in [0.15, 0.2) is 0 Å². The normalized spacial score (nSPS) is 18.9. The van der Waals surface area contributed by atoms with Crippen molar-refractivity contribution in [2.75, 3.05) is 0 Å². The molecule has 0 saturated heterocycles. The summed E-state index contributed by atoms with van der Waals surface area (Å²) in [6.45, 7) is 4.64. The molecule has 2 aliphatic rings. The SMILES string of the molecule is CCC1=Cc2c(-c3ccccc3)cccc2C1CC1C(C)=Cc2c1ccc1ccccc21. The third kappa shape index (κ3) is 2.98. The zero-order chi connectivity index (χ0) is 21.7. The van der Waals surface area contributed by atoms with Crippen LogP contribution in [0.15, 0.2) is 96.1 Å². The fourth-order valence-electron chi connectivity index (χ4n) is 5.93. The molecule has 0 aliphatic heterocycles. The van der Waals surface area contributed by atoms with Crippen molar-refractivity contribution in [1.29, 1.82) is 0 Å². The van der Waals surface area contributed by atoms with Crippen LogP contribution in [-0.2, 0) is 0 Å². The molecule has 0 aromatic heterocycles. The maximum absolute atomic E-state index is 2.48. The predicted octanol–water partition coefficient (Wildman–Crippen LogP) is 8.99. The fraction of sp³-hybridized carbons (Fsp3) is 0.188. The van der Waals surface area contributed by atoms with Gasteiger partial charge in [0.1, 0.15) is 0 Å². The highest BCUT2D eigenvalue weighted by Gasteiger charge is 2.32. The van der Waals surface area contributed by atoms with E-state index < -0.39 is 0 Å². The van der Waals surface area contributed by atoms with Crippen molar-refractivity contribution >= 4 is 22.9 Å². The van der Waals surface area contributed by atoms with E-state index in [1.54, 1.807) is 5.57 Å². The zero-order valence-corrected chi connectivity index (χ0v) is 18.8. The molecule has 0 saturated carbocycles. The van der Waals surface area contributed by atoms with Gasteiger partial charge in [-0.05, 0) is 63.9 Å². The summed E-state index contributed by atoms with van der Waals surface area (Å²) in [6.07, 6.45) is 7.18. The van der Waals surface area contributed by atoms with Crippen LogP contribution in [0.3, 0.4) is 0 Å². The summed E-state index contributed by atoms with van der Waals surface area (Å²) in [6, 6.07) is 31.2. The van der Waals surface area contributed by atoms with Crippen molar-refractivity contribution in [2.24, 2.45) is 0 Å². The smallest absolute Gasteiger partial charge is 0.00664 e. The molecule has 2 unspecified atom stereocenters. The lowest BCUT2D eigenvalue weighted by molar-refractivity contribution is 0.631. The molecule has 0 heteroatoms. The predicted molar refractivity (Wildman–Crippen MR) is 138 cm³/mol. The van der Waals surface area contributed by atoms with Gasteiger partial charge < -0.3 is 0 Å². The Balaban J connectivity index is 1.41. The lowest BCUT2D eigenvalue weighted by atomic mass is 9.80. The molecular formula is C32H28. The number of hydrogen-bond acceptors (Lipinski definition) is 0. The summed E-state index contributed by atoms with van der Waals surface area (Å²) in [7, 11) is 0. The minimum Gasteiger partial charge on any atom is -0.0651 e. The molecule has 0 N–H and O–H groups in total. The van der Waals surface area contributed by atoms with Crippen LogP contribution in [0, 0.1) is 0 Å². The van der Waals surface area contributed by atoms with Crippen LogP contribution in [0.2, 0.25) is 0 Å². The number of hydrogen-bond donors (Lipinski definition) is 0. The minimum atomic E-state index is 0.487. The quantitative estimate of drug-likeness (QED) is 0.314. The van der Waals surface area contributed by atoms with Crippen LogP contribution in [0.25, 0.3) is 34.1 Å². The summed E-state index contributed by atoms with van der Waals surface area (Å²) < 4.78 is 0. The molecule has 6 rings (SSSR count). The Hall–Kier alpha value is -3.38. The van der Waals surface area contributed by atoms with Crippen molar-refractivity contribution in [3.8, 4) is 11.1 Å². The van der Waals surface area contributed by atoms with Crippen LogP contribution >= 0.6 is 0 Å². The molecule has 0 heterocycles. The van der Waals surface area contributed by atoms with Gasteiger partial charge in [0.05, 0.1) is 0 Å². The van der Waals surface area contributed by atoms with E-state index in [2.05, 4.69) is 111 Å². The van der Waals surface area contributed by atoms with E-state index in [0.717, 1.165) is 12.8 Å². The highest BCUT2D eigenvalue weighted by molar-refractivity contribution is 5.94. The van der Waals surface area contributed by atoms with Crippen LogP contribution in [0.5, 0.6) is 0 Å². The van der Waals surface area contributed by atoms with Gasteiger partial charge in [-0.25, -0.2) is 0 Å². The van der Waals surface area contributed by atoms with Gasteiger partial charge in [-0.15, -0.1) is 0 Å². The number of allylic oxidation sites excluding steroid dienone is 2. The van der Waals surface area contributed by atoms with Crippen LogP contribution in [0.1, 0.15) is 60.8 Å². The van der Waals surface area contributed by atoms with Gasteiger partial charge in [-0.3, -0.25) is 0 Å². The average molecular weight is 413 g/mol. The first-order valence-electron chi connectivity index (χ1n) is 11.8. The summed E-state index contributed by atoms with van der Waals surface area (Å²) in [5.74, 6) is 0.977. The summed E-state index contributed by atoms with van der Waals surface area (Å²) in [4.78, 5) is 0. The molecule has 32 heavy (non-hydrogen) atoms. The Bertz CT molecular complexity index is 1380. The van der Waals surface area contributed by atoms with Gasteiger partial charge in [0, 0.05) is 11.8 Å². The maximum Gasteiger partial charge on any atom is 0.00664 e. The minimum absolute atomic E-state index is 0.487. The van der Waals surface area contributed by atoms with E-state index in [9.17, 15) is 0 Å². The Labute approximate surface area is 190 Å². The van der Waals surface area contributed by atoms with E-state index in [-0.39, 0.29) is 0 Å². The molecular weight excluding hydrogens is 384 g/mol. The van der Waals surface area contributed by atoms with Gasteiger partial charge in [-0.2, -0.15) is 0 Å². The Morgan fingerprint density at radius 1 is 0.656 bits per heavy atom. The largest absolute Gasteiger partial charge is 0.0651 e. The summed E-state index contributed by atoms with van der Waals surface area (Å²) >= 11 is 0. The highest BCUT2D eigenvalue weighted by atomic mass is 14.4. The molecule has 0 amide bonds. The Morgan fingerprint density at radius 3 is 2.28 bits per heavy atom. The molecule has 156 valence electrons. The molecule has 0 spiro atoms. The number of fused-ring (bicyclic) bond motifs is 4. The topological polar surface area (TPSA) is 0 Å². The third-order valence-corrected chi connectivity index (χ3v) is 7.56. The third-order valence-electron chi connectivity index (χ3n) is 7.56. The molecule has 4 aromatic rings. The van der Waals surface area contributed by atoms with Crippen molar-refractivity contribution in [3.63, 3.8) is 0 Å². The van der Waals surface area contributed by atoms with E-state index in [1.165, 1.54) is 49.7 Å². The van der Waals surface area contributed by atoms with Crippen molar-refractivity contribution in [2.45, 2.75) is 38.5 Å². The van der Waals surface area contributed by atoms with Crippen molar-refractivity contribution < 1.29 is 0 Å². The first-order chi connectivity index (χ1) is 15.7. The molecule has 0 radical (unpaired) electrons. The van der Waals surface area contributed by atoms with Gasteiger partial charge in [0.2, 0.25) is 0 Å². The Morgan fingerprint density at radius 2 is 1.44 bits per heavy atom. The first kappa shape index (κ1) is 19.3. The van der Waals surface area contributed by atoms with Crippen LogP contribution in [0.4, 0.5) is 0 Å². The van der Waals surface area contributed by atoms with Gasteiger partial charge in [-0.1, -0.05) is 115 Å². The first-order valence-corrected chi connectivity index (χ1v) is 11.8. The molecule has 2 aliphatic carbocycles. The standard InChI is InChI=1S/C32H28/c1-3-22-19-32-26(23-10-5-4-6-11-23)14-9-15-27(32)30(22)20-29-21(2)18-31-25-13-8-7-12-24(25)16-17-28(29)31/h4-19,29-30H,3,20H2,1-2H3. The molecule has 0 bridgehead atoms. The summed E-state index contributed by atoms with van der Waals surface area (Å²) in [5.41, 5.74) is 11.6. The Kier molecular flexibility index (Phi) is 4.61. The van der Waals surface area contributed by atoms with E-state index in [4.69, 9.17) is 0 Å². The molecule has 2 atom stereocenters. The fourth-order valence-corrected chi connectivity index (χ4v) is 5.93. The lowest BCUT2D eigenvalue weighted by Crippen LogP contribution is -2.07. The summed E-state index contributed by atoms with van der Waals surface area (Å²) in [5, 5.41) is 2.72. The van der Waals surface area contributed by atoms with Crippen molar-refractivity contribution in [3.05, 3.63) is 118 Å². The van der Waals surface area contributed by atoms with E-state index in [1.807, 2.05) is 0 Å². The molecule has 0 fully saturated rings. The number of rotatable bonds is 4. The van der Waals surface area contributed by atoms with Crippen LogP contribution in [-0.4, -0.2) is 0 Å². The lowest BCUT2D eigenvalue weighted by Gasteiger charge is -2.23. The number of benzene rings is 4. The van der Waals surface area contributed by atoms with E-state index in [0.29, 0.717) is 11.8 Å². The second kappa shape index (κ2) is 7.64. The van der Waals surface area contributed by atoms with Gasteiger partial charge in [0.25, 0.3) is 0 Å². The van der Waals surface area contributed by atoms with Gasteiger partial charge >= 0.3 is 0 Å². The van der Waals surface area contributed by atoms with Crippen LogP contribution < -0.4 is 0 Å². The maximum atomic E-state index is 2.48. The average Bonchev–Trinajstić information content (AvgIpc) is 3.37. The molecule has 0 nitrogen and oxygen atoms in total. The molecule has 4 aromatic carbocycles. The second-order valence-electron chi connectivity index (χ2n) is 9.27. The van der Waals surface area contributed by atoms with Crippen molar-refractivity contribution in [1.82, 2.24) is 0 Å². The zero-order valence-electron chi connectivity index (χ0n) is 18.8. The highest BCUT2D eigenvalue weighted by Crippen LogP contribution is 2.50. The second-order valence-corrected chi connectivity index (χ2v) is 9.27. The monoisotopic (exact) mass is 412 g/mol. The van der Waals surface area contributed by atoms with E-state index >= 15 is 0 Å².